The predicted molar refractivity (Wildman–Crippen MR) is 149 cm³/mol. The lowest BCUT2D eigenvalue weighted by Gasteiger charge is -2.30. The number of allylic oxidation sites excluding steroid dienone is 1. The van der Waals surface area contributed by atoms with Gasteiger partial charge < -0.3 is 20.3 Å². The molecular formula is C27H38N4O7S2. The zero-order chi connectivity index (χ0) is 29.1. The molecule has 40 heavy (non-hydrogen) atoms. The van der Waals surface area contributed by atoms with Crippen molar-refractivity contribution in [2.45, 2.75) is 99.6 Å². The van der Waals surface area contributed by atoms with Crippen molar-refractivity contribution in [3.8, 4) is 0 Å². The van der Waals surface area contributed by atoms with Crippen LogP contribution in [0.25, 0.3) is 0 Å². The average molecular weight is 595 g/mol. The van der Waals surface area contributed by atoms with Crippen LogP contribution in [0.2, 0.25) is 0 Å². The van der Waals surface area contributed by atoms with E-state index < -0.39 is 57.1 Å². The summed E-state index contributed by atoms with van der Waals surface area (Å²) in [5.41, 5.74) is -1.98. The van der Waals surface area contributed by atoms with Gasteiger partial charge in [-0.1, -0.05) is 24.6 Å². The molecule has 2 fully saturated rings. The Labute approximate surface area is 239 Å². The Kier molecular flexibility index (Phi) is 8.93. The van der Waals surface area contributed by atoms with E-state index in [0.717, 1.165) is 24.2 Å². The summed E-state index contributed by atoms with van der Waals surface area (Å²) in [5, 5.41) is 7.12. The number of thiophene rings is 1. The quantitative estimate of drug-likeness (QED) is 0.454. The van der Waals surface area contributed by atoms with E-state index in [0.29, 0.717) is 38.6 Å². The van der Waals surface area contributed by atoms with Gasteiger partial charge in [-0.2, -0.15) is 0 Å². The largest absolute Gasteiger partial charge is 0.436 e. The number of rotatable bonds is 4. The molecule has 4 atom stereocenters. The van der Waals surface area contributed by atoms with Crippen molar-refractivity contribution in [1.29, 1.82) is 0 Å². The normalized spacial score (nSPS) is 27.9. The zero-order valence-corrected chi connectivity index (χ0v) is 24.7. The molecule has 1 aliphatic carbocycles. The average Bonchev–Trinajstić information content (AvgIpc) is 3.25. The highest BCUT2D eigenvalue weighted by molar-refractivity contribution is 7.92. The molecule has 4 rings (SSSR count). The van der Waals surface area contributed by atoms with Crippen molar-refractivity contribution in [1.82, 2.24) is 20.3 Å². The van der Waals surface area contributed by atoms with Crippen LogP contribution >= 0.6 is 11.3 Å². The summed E-state index contributed by atoms with van der Waals surface area (Å²) in [6, 6.07) is 2.11. The maximum absolute atomic E-state index is 13.6. The Balaban J connectivity index is 1.55. The van der Waals surface area contributed by atoms with Gasteiger partial charge in [-0.3, -0.25) is 14.4 Å². The summed E-state index contributed by atoms with van der Waals surface area (Å²) in [4.78, 5) is 54.5. The molecule has 3 aliphatic rings. The number of ether oxygens (including phenoxy) is 1. The summed E-state index contributed by atoms with van der Waals surface area (Å²) in [5.74, 6) is -2.15. The Morgan fingerprint density at radius 3 is 2.62 bits per heavy atom. The number of hydrogen-bond acceptors (Lipinski definition) is 8. The van der Waals surface area contributed by atoms with Crippen molar-refractivity contribution in [2.24, 2.45) is 5.92 Å². The molecule has 0 spiro atoms. The first-order chi connectivity index (χ1) is 18.8. The summed E-state index contributed by atoms with van der Waals surface area (Å²) >= 11 is 0.988. The highest BCUT2D eigenvalue weighted by atomic mass is 32.2. The van der Waals surface area contributed by atoms with E-state index in [4.69, 9.17) is 4.74 Å². The lowest BCUT2D eigenvalue weighted by atomic mass is 10.1. The number of hydrogen-bond donors (Lipinski definition) is 3. The first-order valence-corrected chi connectivity index (χ1v) is 16.1. The number of sulfonamides is 1. The van der Waals surface area contributed by atoms with Crippen LogP contribution in [0.3, 0.4) is 0 Å². The van der Waals surface area contributed by atoms with Crippen LogP contribution in [0.15, 0.2) is 33.9 Å². The van der Waals surface area contributed by atoms with Gasteiger partial charge in [-0.15, -0.1) is 11.3 Å². The van der Waals surface area contributed by atoms with Gasteiger partial charge >= 0.3 is 6.09 Å². The van der Waals surface area contributed by atoms with Crippen LogP contribution in [0.1, 0.15) is 72.1 Å². The maximum atomic E-state index is 13.6. The minimum atomic E-state index is -4.09. The van der Waals surface area contributed by atoms with Gasteiger partial charge in [0.15, 0.2) is 6.10 Å². The molecule has 1 aromatic heterocycles. The van der Waals surface area contributed by atoms with Crippen molar-refractivity contribution in [3.63, 3.8) is 0 Å². The fourth-order valence-electron chi connectivity index (χ4n) is 5.18. The molecule has 0 bridgehead atoms. The van der Waals surface area contributed by atoms with E-state index in [-0.39, 0.29) is 16.5 Å². The molecule has 0 radical (unpaired) electrons. The number of amides is 4. The summed E-state index contributed by atoms with van der Waals surface area (Å²) in [6.45, 7) is 5.74. The third-order valence-corrected chi connectivity index (χ3v) is 10.0. The number of fused-ring (bicyclic) bond motifs is 2. The van der Waals surface area contributed by atoms with Gasteiger partial charge in [-0.25, -0.2) is 17.9 Å². The lowest BCUT2D eigenvalue weighted by molar-refractivity contribution is -0.146. The molecule has 0 aromatic carbocycles. The second-order valence-corrected chi connectivity index (χ2v) is 14.5. The van der Waals surface area contributed by atoms with Crippen LogP contribution in [-0.4, -0.2) is 66.9 Å². The Morgan fingerprint density at radius 1 is 1.15 bits per heavy atom. The Morgan fingerprint density at radius 2 is 1.93 bits per heavy atom. The molecule has 3 N–H and O–H groups in total. The first-order valence-electron chi connectivity index (χ1n) is 13.7. The SMILES string of the molecule is CC(C)(C)NC(=O)O[C@H]1CCCCCC=C[C@@H]2C[C@@]2(C(=O)NS(=O)(=O)c2cccs2)NC(=O)[C@@H]2CCCN2C1=O. The molecule has 1 aromatic rings. The highest BCUT2D eigenvalue weighted by Crippen LogP contribution is 2.46. The molecular weight excluding hydrogens is 556 g/mol. The zero-order valence-electron chi connectivity index (χ0n) is 23.1. The number of alkyl carbamates (subject to hydrolysis) is 1. The molecule has 0 unspecified atom stereocenters. The summed E-state index contributed by atoms with van der Waals surface area (Å²) in [7, 11) is -4.09. The second-order valence-electron chi connectivity index (χ2n) is 11.7. The van der Waals surface area contributed by atoms with Gasteiger partial charge in [0.2, 0.25) is 5.91 Å². The fourth-order valence-corrected chi connectivity index (χ4v) is 7.21. The van der Waals surface area contributed by atoms with E-state index in [2.05, 4.69) is 15.4 Å². The van der Waals surface area contributed by atoms with Crippen LogP contribution in [0.4, 0.5) is 4.79 Å². The summed E-state index contributed by atoms with van der Waals surface area (Å²) in [6.07, 6.45) is 6.59. The summed E-state index contributed by atoms with van der Waals surface area (Å²) < 4.78 is 33.3. The number of carbonyl (C=O) groups excluding carboxylic acids is 4. The molecule has 1 saturated heterocycles. The molecule has 1 saturated carbocycles. The van der Waals surface area contributed by atoms with Gasteiger partial charge in [0.1, 0.15) is 15.8 Å². The number of nitrogens with zero attached hydrogens (tertiary/aromatic N) is 1. The van der Waals surface area contributed by atoms with Gasteiger partial charge in [0, 0.05) is 18.0 Å². The van der Waals surface area contributed by atoms with Crippen LogP contribution in [0, 0.1) is 5.92 Å². The highest BCUT2D eigenvalue weighted by Gasteiger charge is 2.61. The Bertz CT molecular complexity index is 1260. The maximum Gasteiger partial charge on any atom is 0.408 e. The topological polar surface area (TPSA) is 151 Å². The van der Waals surface area contributed by atoms with Crippen molar-refractivity contribution >= 4 is 45.2 Å². The minimum absolute atomic E-state index is 0.00237. The first kappa shape index (κ1) is 30.0. The van der Waals surface area contributed by atoms with Crippen LogP contribution in [0.5, 0.6) is 0 Å². The molecule has 13 heteroatoms. The third kappa shape index (κ3) is 7.03. The standard InChI is InChI=1S/C27H38N4O7S2/c1-26(2,3)29-25(35)38-20-13-8-6-4-5-7-11-18-17-27(18,24(34)30-40(36,37)21-14-10-16-39-21)28-22(32)19-12-9-15-31(19)23(20)33/h7,10-11,14,16,18-20H,4-6,8-9,12-13,15,17H2,1-3H3,(H,28,32)(H,29,35)(H,30,34)/t18-,19+,20+,27-/m1/s1. The van der Waals surface area contributed by atoms with E-state index in [1.54, 1.807) is 11.4 Å². The predicted octanol–water partition coefficient (Wildman–Crippen LogP) is 2.83. The van der Waals surface area contributed by atoms with Gasteiger partial charge in [0.05, 0.1) is 0 Å². The van der Waals surface area contributed by atoms with Crippen molar-refractivity contribution in [3.05, 3.63) is 29.7 Å². The number of nitrogens with one attached hydrogen (secondary N) is 3. The van der Waals surface area contributed by atoms with Crippen LogP contribution in [-0.2, 0) is 29.1 Å². The van der Waals surface area contributed by atoms with E-state index >= 15 is 0 Å². The number of carbonyl (C=O) groups is 4. The van der Waals surface area contributed by atoms with Crippen LogP contribution < -0.4 is 15.4 Å². The van der Waals surface area contributed by atoms with E-state index in [1.807, 2.05) is 32.9 Å². The smallest absolute Gasteiger partial charge is 0.408 e. The van der Waals surface area contributed by atoms with E-state index in [1.165, 1.54) is 11.0 Å². The fraction of sp³-hybridized carbons (Fsp3) is 0.630. The molecule has 3 heterocycles. The van der Waals surface area contributed by atoms with E-state index in [9.17, 15) is 27.6 Å². The minimum Gasteiger partial charge on any atom is -0.436 e. The monoisotopic (exact) mass is 594 g/mol. The molecule has 4 amide bonds. The molecule has 2 aliphatic heterocycles. The Hall–Kier alpha value is -2.93. The lowest BCUT2D eigenvalue weighted by Crippen LogP contribution is -2.57. The van der Waals surface area contributed by atoms with Crippen molar-refractivity contribution < 1.29 is 32.3 Å². The van der Waals surface area contributed by atoms with Gasteiger partial charge in [-0.05, 0) is 77.2 Å². The third-order valence-electron chi connectivity index (χ3n) is 7.30. The van der Waals surface area contributed by atoms with Gasteiger partial charge in [0.25, 0.3) is 21.8 Å². The molecule has 11 nitrogen and oxygen atoms in total. The second kappa shape index (κ2) is 11.9. The molecule has 220 valence electrons. The van der Waals surface area contributed by atoms with Crippen molar-refractivity contribution in [2.75, 3.05) is 6.54 Å².